The van der Waals surface area contributed by atoms with Gasteiger partial charge in [0.25, 0.3) is 0 Å². The normalized spacial score (nSPS) is 11.0. The maximum atomic E-state index is 12.2. The van der Waals surface area contributed by atoms with Crippen molar-refractivity contribution in [3.63, 3.8) is 0 Å². The smallest absolute Gasteiger partial charge is 0.242 e. The average Bonchev–Trinajstić information content (AvgIpc) is 2.91. The second kappa shape index (κ2) is 7.07. The van der Waals surface area contributed by atoms with Crippen LogP contribution in [0.1, 0.15) is 10.4 Å². The zero-order valence-corrected chi connectivity index (χ0v) is 13.2. The third kappa shape index (κ3) is 4.06. The van der Waals surface area contributed by atoms with Crippen molar-refractivity contribution < 1.29 is 13.5 Å². The van der Waals surface area contributed by atoms with Crippen LogP contribution in [0.4, 0.5) is 0 Å². The first-order valence-corrected chi connectivity index (χ1v) is 8.69. The fourth-order valence-corrected chi connectivity index (χ4v) is 4.00. The highest BCUT2D eigenvalue weighted by Gasteiger charge is 2.17. The van der Waals surface area contributed by atoms with Crippen LogP contribution in [0, 0.1) is 11.8 Å². The van der Waals surface area contributed by atoms with Gasteiger partial charge in [-0.3, -0.25) is 0 Å². The predicted molar refractivity (Wildman–Crippen MR) is 83.8 cm³/mol. The van der Waals surface area contributed by atoms with Gasteiger partial charge in [-0.15, -0.1) is 11.3 Å². The Kier molecular flexibility index (Phi) is 5.39. The number of sulfonamides is 1. The molecule has 0 atom stereocenters. The van der Waals surface area contributed by atoms with Gasteiger partial charge in [0.1, 0.15) is 11.5 Å². The molecule has 0 radical (unpaired) electrons. The largest absolute Gasteiger partial charge is 0.384 e. The number of rotatable bonds is 4. The molecule has 110 valence electrons. The van der Waals surface area contributed by atoms with Crippen LogP contribution in [0.3, 0.4) is 0 Å². The lowest BCUT2D eigenvalue weighted by molar-refractivity contribution is 0.350. The lowest BCUT2D eigenvalue weighted by atomic mass is 10.2. The van der Waals surface area contributed by atoms with Crippen LogP contribution < -0.4 is 4.72 Å². The van der Waals surface area contributed by atoms with Crippen LogP contribution in [-0.4, -0.2) is 20.1 Å². The number of thiophene rings is 1. The molecule has 4 nitrogen and oxygen atoms in total. The summed E-state index contributed by atoms with van der Waals surface area (Å²) >= 11 is 7.30. The van der Waals surface area contributed by atoms with Gasteiger partial charge in [0.2, 0.25) is 10.0 Å². The summed E-state index contributed by atoms with van der Waals surface area (Å²) in [5.74, 6) is 5.32. The Morgan fingerprint density at radius 2 is 2.05 bits per heavy atom. The van der Waals surface area contributed by atoms with Crippen LogP contribution >= 0.6 is 22.9 Å². The Labute approximate surface area is 132 Å². The van der Waals surface area contributed by atoms with Gasteiger partial charge in [-0.25, -0.2) is 13.1 Å². The molecule has 0 bridgehead atoms. The molecule has 0 saturated carbocycles. The van der Waals surface area contributed by atoms with Crippen molar-refractivity contribution in [2.24, 2.45) is 0 Å². The van der Waals surface area contributed by atoms with Gasteiger partial charge in [-0.2, -0.15) is 0 Å². The van der Waals surface area contributed by atoms with E-state index in [0.29, 0.717) is 5.56 Å². The third-order valence-electron chi connectivity index (χ3n) is 2.60. The van der Waals surface area contributed by atoms with Crippen LogP contribution in [0.15, 0.2) is 40.6 Å². The fourth-order valence-electron chi connectivity index (χ4n) is 1.62. The number of benzene rings is 1. The fraction of sp³-hybridized carbons (Fsp3) is 0.143. The molecular weight excluding hydrogens is 330 g/mol. The molecule has 1 aromatic carbocycles. The van der Waals surface area contributed by atoms with Gasteiger partial charge in [-0.05, 0) is 23.6 Å². The van der Waals surface area contributed by atoms with Crippen LogP contribution in [0.5, 0.6) is 0 Å². The molecule has 2 rings (SSSR count). The number of halogens is 1. The van der Waals surface area contributed by atoms with Crippen molar-refractivity contribution in [1.29, 1.82) is 0 Å². The SMILES string of the molecule is O=S(=O)(NCc1sccc1C#CCO)c1ccccc1Cl. The summed E-state index contributed by atoms with van der Waals surface area (Å²) in [6.07, 6.45) is 0. The number of hydrogen-bond acceptors (Lipinski definition) is 4. The van der Waals surface area contributed by atoms with E-state index < -0.39 is 10.0 Å². The van der Waals surface area contributed by atoms with E-state index in [9.17, 15) is 8.42 Å². The molecular formula is C14H12ClNO3S2. The van der Waals surface area contributed by atoms with Gasteiger partial charge < -0.3 is 5.11 Å². The molecule has 0 fully saturated rings. The molecule has 1 heterocycles. The molecule has 7 heteroatoms. The number of aliphatic hydroxyl groups is 1. The molecule has 21 heavy (non-hydrogen) atoms. The standard InChI is InChI=1S/C14H12ClNO3S2/c15-12-5-1-2-6-14(12)21(18,19)16-10-13-11(4-3-8-17)7-9-20-13/h1-2,5-7,9,16-17H,8,10H2. The first-order valence-electron chi connectivity index (χ1n) is 5.95. The van der Waals surface area contributed by atoms with Crippen molar-refractivity contribution >= 4 is 33.0 Å². The molecule has 0 aliphatic rings. The Balaban J connectivity index is 2.17. The van der Waals surface area contributed by atoms with Crippen molar-refractivity contribution in [2.75, 3.05) is 6.61 Å². The van der Waals surface area contributed by atoms with Gasteiger partial charge in [-0.1, -0.05) is 35.6 Å². The zero-order valence-electron chi connectivity index (χ0n) is 10.8. The summed E-state index contributed by atoms with van der Waals surface area (Å²) in [6.45, 7) is -0.110. The summed E-state index contributed by atoms with van der Waals surface area (Å²) in [5, 5.41) is 10.7. The van der Waals surface area contributed by atoms with E-state index in [1.165, 1.54) is 23.5 Å². The zero-order chi connectivity index (χ0) is 15.3. The summed E-state index contributed by atoms with van der Waals surface area (Å²) in [6, 6.07) is 8.05. The van der Waals surface area contributed by atoms with E-state index >= 15 is 0 Å². The molecule has 1 aromatic heterocycles. The van der Waals surface area contributed by atoms with E-state index in [2.05, 4.69) is 16.6 Å². The highest BCUT2D eigenvalue weighted by atomic mass is 35.5. The average molecular weight is 342 g/mol. The molecule has 0 saturated heterocycles. The number of hydrogen-bond donors (Lipinski definition) is 2. The topological polar surface area (TPSA) is 66.4 Å². The second-order valence-electron chi connectivity index (χ2n) is 3.97. The summed E-state index contributed by atoms with van der Waals surface area (Å²) in [4.78, 5) is 0.831. The lowest BCUT2D eigenvalue weighted by Crippen LogP contribution is -2.23. The molecule has 0 spiro atoms. The van der Waals surface area contributed by atoms with Crippen molar-refractivity contribution in [2.45, 2.75) is 11.4 Å². The van der Waals surface area contributed by atoms with Crippen LogP contribution in [0.25, 0.3) is 0 Å². The lowest BCUT2D eigenvalue weighted by Gasteiger charge is -2.07. The molecule has 2 N–H and O–H groups in total. The Morgan fingerprint density at radius 1 is 1.29 bits per heavy atom. The van der Waals surface area contributed by atoms with Crippen molar-refractivity contribution in [1.82, 2.24) is 4.72 Å². The Morgan fingerprint density at radius 3 is 2.76 bits per heavy atom. The monoisotopic (exact) mass is 341 g/mol. The van der Waals surface area contributed by atoms with Gasteiger partial charge in [0.05, 0.1) is 5.02 Å². The van der Waals surface area contributed by atoms with Gasteiger partial charge in [0, 0.05) is 17.0 Å². The Bertz CT molecular complexity index is 788. The van der Waals surface area contributed by atoms with Crippen molar-refractivity contribution in [3.05, 3.63) is 51.2 Å². The third-order valence-corrected chi connectivity index (χ3v) is 5.42. The van der Waals surface area contributed by atoms with Gasteiger partial charge in [0.15, 0.2) is 0 Å². The maximum Gasteiger partial charge on any atom is 0.242 e. The van der Waals surface area contributed by atoms with Crippen molar-refractivity contribution in [3.8, 4) is 11.8 Å². The van der Waals surface area contributed by atoms with E-state index in [1.807, 2.05) is 5.38 Å². The minimum absolute atomic E-state index is 0.0474. The number of nitrogens with one attached hydrogen (secondary N) is 1. The van der Waals surface area contributed by atoms with Crippen LogP contribution in [-0.2, 0) is 16.6 Å². The maximum absolute atomic E-state index is 12.2. The second-order valence-corrected chi connectivity index (χ2v) is 7.12. The Hall–Kier alpha value is -1.36. The first kappa shape index (κ1) is 16.0. The van der Waals surface area contributed by atoms with E-state index in [-0.39, 0.29) is 23.1 Å². The van der Waals surface area contributed by atoms with Crippen LogP contribution in [0.2, 0.25) is 5.02 Å². The summed E-state index contributed by atoms with van der Waals surface area (Å²) in [5.41, 5.74) is 0.705. The predicted octanol–water partition coefficient (Wildman–Crippen LogP) is 2.22. The highest BCUT2D eigenvalue weighted by Crippen LogP contribution is 2.21. The van der Waals surface area contributed by atoms with Gasteiger partial charge >= 0.3 is 0 Å². The molecule has 0 unspecified atom stereocenters. The molecule has 0 amide bonds. The minimum Gasteiger partial charge on any atom is -0.384 e. The van der Waals surface area contributed by atoms with E-state index in [0.717, 1.165) is 4.88 Å². The van der Waals surface area contributed by atoms with E-state index in [4.69, 9.17) is 16.7 Å². The minimum atomic E-state index is -3.68. The van der Waals surface area contributed by atoms with E-state index in [1.54, 1.807) is 18.2 Å². The summed E-state index contributed by atoms with van der Waals surface area (Å²) < 4.78 is 26.9. The molecule has 0 aliphatic heterocycles. The summed E-state index contributed by atoms with van der Waals surface area (Å²) in [7, 11) is -3.68. The molecule has 0 aliphatic carbocycles. The number of aliphatic hydroxyl groups excluding tert-OH is 1. The quantitative estimate of drug-likeness (QED) is 0.838. The first-order chi connectivity index (χ1) is 10.0. The highest BCUT2D eigenvalue weighted by molar-refractivity contribution is 7.89. The molecule has 2 aromatic rings.